The first-order chi connectivity index (χ1) is 14.3. The summed E-state index contributed by atoms with van der Waals surface area (Å²) in [7, 11) is -1.54. The molecule has 0 atom stereocenters. The highest BCUT2D eigenvalue weighted by Gasteiger charge is 2.23. The van der Waals surface area contributed by atoms with Crippen molar-refractivity contribution in [3.63, 3.8) is 0 Å². The molecular weight excluding hydrogens is 355 g/mol. The van der Waals surface area contributed by atoms with E-state index in [1.165, 1.54) is 0 Å². The van der Waals surface area contributed by atoms with Crippen molar-refractivity contribution in [1.82, 2.24) is 0 Å². The van der Waals surface area contributed by atoms with Crippen LogP contribution in [0.15, 0.2) is 103 Å². The summed E-state index contributed by atoms with van der Waals surface area (Å²) in [5.41, 5.74) is 5.10. The number of benzene rings is 5. The van der Waals surface area contributed by atoms with Gasteiger partial charge in [-0.2, -0.15) is 0 Å². The second-order valence-corrected chi connectivity index (χ2v) is 7.17. The number of hydrogen-bond donors (Lipinski definition) is 2. The highest BCUT2D eigenvalue weighted by atomic mass is 16.4. The smallest absolute Gasteiger partial charge is 0.423 e. The van der Waals surface area contributed by atoms with Gasteiger partial charge in [-0.05, 0) is 49.3 Å². The quantitative estimate of drug-likeness (QED) is 0.344. The normalized spacial score (nSPS) is 11.1. The molecule has 2 nitrogen and oxygen atoms in total. The summed E-state index contributed by atoms with van der Waals surface area (Å²) in [6.45, 7) is 0. The van der Waals surface area contributed by atoms with Crippen LogP contribution < -0.4 is 5.46 Å². The van der Waals surface area contributed by atoms with E-state index in [2.05, 4.69) is 48.5 Å². The zero-order valence-electron chi connectivity index (χ0n) is 15.8. The first-order valence-electron chi connectivity index (χ1n) is 9.70. The molecule has 0 heterocycles. The molecule has 0 radical (unpaired) electrons. The van der Waals surface area contributed by atoms with Crippen molar-refractivity contribution < 1.29 is 10.0 Å². The summed E-state index contributed by atoms with van der Waals surface area (Å²) >= 11 is 0. The molecule has 0 unspecified atom stereocenters. The summed E-state index contributed by atoms with van der Waals surface area (Å²) in [5.74, 6) is 0. The fourth-order valence-electron chi connectivity index (χ4n) is 4.30. The Labute approximate surface area is 169 Å². The first kappa shape index (κ1) is 17.7. The summed E-state index contributed by atoms with van der Waals surface area (Å²) in [5, 5.41) is 24.1. The molecule has 0 amide bonds. The van der Waals surface area contributed by atoms with Gasteiger partial charge in [-0.1, -0.05) is 103 Å². The van der Waals surface area contributed by atoms with Gasteiger partial charge in [-0.25, -0.2) is 0 Å². The van der Waals surface area contributed by atoms with E-state index in [0.717, 1.165) is 43.8 Å². The van der Waals surface area contributed by atoms with E-state index in [9.17, 15) is 10.0 Å². The SMILES string of the molecule is OB(O)c1c2ccccc2c(-c2ccccc2-c2ccccc2)c2ccccc12. The molecule has 29 heavy (non-hydrogen) atoms. The third-order valence-corrected chi connectivity index (χ3v) is 5.51. The van der Waals surface area contributed by atoms with Gasteiger partial charge in [-0.3, -0.25) is 0 Å². The van der Waals surface area contributed by atoms with Crippen LogP contribution >= 0.6 is 0 Å². The second-order valence-electron chi connectivity index (χ2n) is 7.17. The van der Waals surface area contributed by atoms with Gasteiger partial charge in [0, 0.05) is 0 Å². The van der Waals surface area contributed by atoms with Crippen LogP contribution in [0.5, 0.6) is 0 Å². The second kappa shape index (κ2) is 7.21. The summed E-state index contributed by atoms with van der Waals surface area (Å²) in [6.07, 6.45) is 0. The van der Waals surface area contributed by atoms with Crippen molar-refractivity contribution in [2.45, 2.75) is 0 Å². The van der Waals surface area contributed by atoms with Gasteiger partial charge < -0.3 is 10.0 Å². The van der Waals surface area contributed by atoms with Crippen molar-refractivity contribution >= 4 is 34.1 Å². The Morgan fingerprint density at radius 2 is 0.897 bits per heavy atom. The Morgan fingerprint density at radius 1 is 0.448 bits per heavy atom. The van der Waals surface area contributed by atoms with Gasteiger partial charge in [0.15, 0.2) is 0 Å². The van der Waals surface area contributed by atoms with Crippen molar-refractivity contribution in [1.29, 1.82) is 0 Å². The molecule has 0 aliphatic rings. The number of hydrogen-bond acceptors (Lipinski definition) is 2. The predicted molar refractivity (Wildman–Crippen MR) is 122 cm³/mol. The van der Waals surface area contributed by atoms with Crippen molar-refractivity contribution in [3.8, 4) is 22.3 Å². The molecule has 138 valence electrons. The molecule has 0 saturated heterocycles. The van der Waals surface area contributed by atoms with E-state index in [0.29, 0.717) is 5.46 Å². The van der Waals surface area contributed by atoms with Crippen LogP contribution in [0.1, 0.15) is 0 Å². The Kier molecular flexibility index (Phi) is 4.40. The third-order valence-electron chi connectivity index (χ3n) is 5.51. The molecule has 0 saturated carbocycles. The molecule has 0 aliphatic carbocycles. The molecular formula is C26H19BO2. The Hall–Kier alpha value is -3.40. The van der Waals surface area contributed by atoms with Crippen molar-refractivity contribution in [2.24, 2.45) is 0 Å². The minimum absolute atomic E-state index is 0.553. The molecule has 0 bridgehead atoms. The lowest BCUT2D eigenvalue weighted by Gasteiger charge is -2.19. The van der Waals surface area contributed by atoms with Crippen molar-refractivity contribution in [3.05, 3.63) is 103 Å². The molecule has 0 aliphatic heterocycles. The molecule has 0 spiro atoms. The largest absolute Gasteiger partial charge is 0.489 e. The molecule has 5 rings (SSSR count). The van der Waals surface area contributed by atoms with Gasteiger partial charge in [-0.15, -0.1) is 0 Å². The van der Waals surface area contributed by atoms with Crippen LogP contribution in [0.3, 0.4) is 0 Å². The molecule has 3 heteroatoms. The fraction of sp³-hybridized carbons (Fsp3) is 0. The number of rotatable bonds is 3. The van der Waals surface area contributed by atoms with Crippen molar-refractivity contribution in [2.75, 3.05) is 0 Å². The Bertz CT molecular complexity index is 1270. The van der Waals surface area contributed by atoms with Gasteiger partial charge in [0.25, 0.3) is 0 Å². The average Bonchev–Trinajstić information content (AvgIpc) is 2.77. The topological polar surface area (TPSA) is 40.5 Å². The van der Waals surface area contributed by atoms with E-state index in [-0.39, 0.29) is 0 Å². The molecule has 5 aromatic rings. The van der Waals surface area contributed by atoms with Crippen LogP contribution in [-0.4, -0.2) is 17.2 Å². The summed E-state index contributed by atoms with van der Waals surface area (Å²) < 4.78 is 0. The van der Waals surface area contributed by atoms with E-state index < -0.39 is 7.12 Å². The third kappa shape index (κ3) is 2.92. The number of fused-ring (bicyclic) bond motifs is 2. The lowest BCUT2D eigenvalue weighted by Crippen LogP contribution is -2.31. The van der Waals surface area contributed by atoms with Crippen LogP contribution in [0.4, 0.5) is 0 Å². The zero-order valence-corrected chi connectivity index (χ0v) is 15.8. The van der Waals surface area contributed by atoms with E-state index >= 15 is 0 Å². The highest BCUT2D eigenvalue weighted by molar-refractivity contribution is 6.66. The Morgan fingerprint density at radius 3 is 1.45 bits per heavy atom. The van der Waals surface area contributed by atoms with Crippen LogP contribution in [0.25, 0.3) is 43.8 Å². The monoisotopic (exact) mass is 374 g/mol. The lowest BCUT2D eigenvalue weighted by molar-refractivity contribution is 0.426. The van der Waals surface area contributed by atoms with Crippen LogP contribution in [0, 0.1) is 0 Å². The minimum atomic E-state index is -1.54. The molecule has 5 aromatic carbocycles. The maximum absolute atomic E-state index is 10.2. The van der Waals surface area contributed by atoms with E-state index in [1.807, 2.05) is 54.6 Å². The average molecular weight is 374 g/mol. The summed E-state index contributed by atoms with van der Waals surface area (Å²) in [4.78, 5) is 0. The fourth-order valence-corrected chi connectivity index (χ4v) is 4.30. The van der Waals surface area contributed by atoms with Gasteiger partial charge in [0.1, 0.15) is 0 Å². The minimum Gasteiger partial charge on any atom is -0.423 e. The van der Waals surface area contributed by atoms with E-state index in [1.54, 1.807) is 0 Å². The Balaban J connectivity index is 1.97. The maximum atomic E-state index is 10.2. The van der Waals surface area contributed by atoms with Crippen LogP contribution in [0.2, 0.25) is 0 Å². The van der Waals surface area contributed by atoms with Crippen LogP contribution in [-0.2, 0) is 0 Å². The molecule has 0 fully saturated rings. The highest BCUT2D eigenvalue weighted by Crippen LogP contribution is 2.40. The van der Waals surface area contributed by atoms with Gasteiger partial charge in [0.2, 0.25) is 0 Å². The van der Waals surface area contributed by atoms with Gasteiger partial charge >= 0.3 is 7.12 Å². The maximum Gasteiger partial charge on any atom is 0.489 e. The van der Waals surface area contributed by atoms with Gasteiger partial charge in [0.05, 0.1) is 0 Å². The molecule has 2 N–H and O–H groups in total. The first-order valence-corrected chi connectivity index (χ1v) is 9.70. The molecule has 0 aromatic heterocycles. The predicted octanol–water partition coefficient (Wildman–Crippen LogP) is 5.01. The lowest BCUT2D eigenvalue weighted by atomic mass is 9.72. The standard InChI is InChI=1S/C26H19BO2/c28-27(29)26-23-16-8-6-14-21(23)25(22-15-7-9-17-24(22)26)20-13-5-4-12-19(20)18-10-2-1-3-11-18/h1-17,28-29H. The zero-order chi connectivity index (χ0) is 19.8. The van der Waals surface area contributed by atoms with E-state index in [4.69, 9.17) is 0 Å². The summed E-state index contributed by atoms with van der Waals surface area (Å²) in [6, 6.07) is 34.7.